The summed E-state index contributed by atoms with van der Waals surface area (Å²) in [7, 11) is 0. The minimum absolute atomic E-state index is 0.332. The third-order valence-electron chi connectivity index (χ3n) is 7.55. The Hall–Kier alpha value is -2.50. The fraction of sp³-hybridized carbons (Fsp3) is 0.385. The maximum atomic E-state index is 13.6. The number of halogens is 2. The number of hydrogen-bond acceptors (Lipinski definition) is 4. The Balaban J connectivity index is 1.05. The summed E-state index contributed by atoms with van der Waals surface area (Å²) < 4.78 is 13.6. The van der Waals surface area contributed by atoms with E-state index in [-0.39, 0.29) is 5.82 Å². The molecule has 1 aromatic heterocycles. The van der Waals surface area contributed by atoms with Crippen molar-refractivity contribution in [2.45, 2.75) is 37.8 Å². The molecule has 0 bridgehead atoms. The van der Waals surface area contributed by atoms with Gasteiger partial charge in [-0.15, -0.1) is 10.2 Å². The van der Waals surface area contributed by atoms with Crippen molar-refractivity contribution in [3.63, 3.8) is 0 Å². The molecule has 2 aliphatic carbocycles. The van der Waals surface area contributed by atoms with Crippen LogP contribution in [0.2, 0.25) is 5.02 Å². The summed E-state index contributed by atoms with van der Waals surface area (Å²) in [6, 6.07) is 18.1. The van der Waals surface area contributed by atoms with Crippen molar-refractivity contribution in [2.75, 3.05) is 18.4 Å². The maximum absolute atomic E-state index is 13.6. The number of nitrogens with zero attached hydrogens (tertiary/aromatic N) is 3. The second-order valence-electron chi connectivity index (χ2n) is 9.55. The second kappa shape index (κ2) is 8.13. The summed E-state index contributed by atoms with van der Waals surface area (Å²) in [5.74, 6) is 1.96. The molecule has 6 heteroatoms. The zero-order valence-corrected chi connectivity index (χ0v) is 18.6. The summed E-state index contributed by atoms with van der Waals surface area (Å²) in [6.07, 6.45) is 4.77. The van der Waals surface area contributed by atoms with Crippen LogP contribution in [0.3, 0.4) is 0 Å². The first-order valence-electron chi connectivity index (χ1n) is 11.5. The summed E-state index contributed by atoms with van der Waals surface area (Å²) >= 11 is 6.19. The molecule has 0 unspecified atom stereocenters. The predicted molar refractivity (Wildman–Crippen MR) is 125 cm³/mol. The topological polar surface area (TPSA) is 41.0 Å². The highest BCUT2D eigenvalue weighted by molar-refractivity contribution is 6.33. The number of hydrogen-bond donors (Lipinski definition) is 1. The molecule has 3 aliphatic rings. The van der Waals surface area contributed by atoms with Crippen LogP contribution in [-0.4, -0.2) is 40.3 Å². The number of anilines is 1. The molecule has 2 fully saturated rings. The molecule has 1 N–H and O–H groups in total. The largest absolute Gasteiger partial charge is 0.366 e. The molecule has 6 rings (SSSR count). The van der Waals surface area contributed by atoms with Crippen LogP contribution in [0, 0.1) is 17.7 Å². The van der Waals surface area contributed by atoms with E-state index in [4.69, 9.17) is 11.6 Å². The lowest BCUT2D eigenvalue weighted by Crippen LogP contribution is -2.35. The molecule has 2 heterocycles. The Bertz CT molecular complexity index is 1100. The first kappa shape index (κ1) is 20.1. The normalized spacial score (nSPS) is 25.1. The minimum Gasteiger partial charge on any atom is -0.366 e. The van der Waals surface area contributed by atoms with E-state index < -0.39 is 0 Å². The van der Waals surface area contributed by atoms with Gasteiger partial charge in [0.25, 0.3) is 0 Å². The van der Waals surface area contributed by atoms with Gasteiger partial charge in [-0.3, -0.25) is 4.90 Å². The minimum atomic E-state index is -0.332. The van der Waals surface area contributed by atoms with E-state index in [1.54, 1.807) is 6.07 Å². The van der Waals surface area contributed by atoms with Gasteiger partial charge in [0, 0.05) is 30.7 Å². The highest BCUT2D eigenvalue weighted by Gasteiger charge is 2.43. The van der Waals surface area contributed by atoms with Crippen molar-refractivity contribution in [1.29, 1.82) is 0 Å². The van der Waals surface area contributed by atoms with Gasteiger partial charge in [-0.25, -0.2) is 4.39 Å². The summed E-state index contributed by atoms with van der Waals surface area (Å²) in [5, 5.41) is 12.7. The van der Waals surface area contributed by atoms with Gasteiger partial charge in [0.1, 0.15) is 11.6 Å². The lowest BCUT2D eigenvalue weighted by atomic mass is 10.0. The Labute approximate surface area is 192 Å². The van der Waals surface area contributed by atoms with Crippen molar-refractivity contribution in [3.05, 3.63) is 76.6 Å². The molecule has 4 nitrogen and oxygen atoms in total. The van der Waals surface area contributed by atoms with Crippen LogP contribution in [0.1, 0.15) is 24.0 Å². The number of benzene rings is 2. The second-order valence-corrected chi connectivity index (χ2v) is 9.95. The zero-order valence-electron chi connectivity index (χ0n) is 17.8. The number of rotatable bonds is 4. The molecular weight excluding hydrogens is 423 g/mol. The first-order valence-corrected chi connectivity index (χ1v) is 11.9. The molecule has 0 amide bonds. The van der Waals surface area contributed by atoms with Gasteiger partial charge in [-0.2, -0.15) is 0 Å². The van der Waals surface area contributed by atoms with E-state index in [9.17, 15) is 4.39 Å². The molecule has 3 atom stereocenters. The molecular formula is C26H26ClFN4. The fourth-order valence-electron chi connectivity index (χ4n) is 6.00. The van der Waals surface area contributed by atoms with E-state index in [2.05, 4.69) is 44.7 Å². The standard InChI is InChI=1S/C26H26ClFN4/c27-24-6-5-20(28)13-23(24)25-7-8-26(31-30-25)29-21-9-18-14-32(15-19(18)10-21)22-11-16-3-1-2-4-17(16)12-22/h1-8,13,18-19,21-22H,9-12,14-15H2,(H,29,31)/t18-,19+,21+. The summed E-state index contributed by atoms with van der Waals surface area (Å²) in [5.41, 5.74) is 4.22. The lowest BCUT2D eigenvalue weighted by molar-refractivity contribution is 0.230. The summed E-state index contributed by atoms with van der Waals surface area (Å²) in [4.78, 5) is 2.74. The number of fused-ring (bicyclic) bond motifs is 2. The van der Waals surface area contributed by atoms with Gasteiger partial charge < -0.3 is 5.32 Å². The van der Waals surface area contributed by atoms with Gasteiger partial charge in [-0.1, -0.05) is 35.9 Å². The smallest absolute Gasteiger partial charge is 0.148 e. The number of nitrogens with one attached hydrogen (secondary N) is 1. The van der Waals surface area contributed by atoms with E-state index in [1.165, 1.54) is 62.0 Å². The molecule has 3 aromatic rings. The van der Waals surface area contributed by atoms with Crippen molar-refractivity contribution in [1.82, 2.24) is 15.1 Å². The lowest BCUT2D eigenvalue weighted by Gasteiger charge is -2.25. The SMILES string of the molecule is Fc1ccc(Cl)c(-c2ccc(N[C@H]3C[C@@H]4CN(C5Cc6ccccc6C5)C[C@@H]4C3)nn2)c1. The monoisotopic (exact) mass is 448 g/mol. The number of likely N-dealkylation sites (tertiary alicyclic amines) is 1. The van der Waals surface area contributed by atoms with Crippen LogP contribution in [0.4, 0.5) is 10.2 Å². The molecule has 0 radical (unpaired) electrons. The average Bonchev–Trinajstić information content (AvgIpc) is 3.48. The van der Waals surface area contributed by atoms with E-state index >= 15 is 0 Å². The molecule has 164 valence electrons. The van der Waals surface area contributed by atoms with Crippen LogP contribution in [-0.2, 0) is 12.8 Å². The van der Waals surface area contributed by atoms with Crippen LogP contribution in [0.25, 0.3) is 11.3 Å². The highest BCUT2D eigenvalue weighted by Crippen LogP contribution is 2.41. The third kappa shape index (κ3) is 3.78. The maximum Gasteiger partial charge on any atom is 0.148 e. The Morgan fingerprint density at radius 1 is 0.906 bits per heavy atom. The van der Waals surface area contributed by atoms with Gasteiger partial charge >= 0.3 is 0 Å². The van der Waals surface area contributed by atoms with Crippen LogP contribution in [0.5, 0.6) is 0 Å². The van der Waals surface area contributed by atoms with Crippen LogP contribution >= 0.6 is 11.6 Å². The molecule has 0 spiro atoms. The van der Waals surface area contributed by atoms with Crippen LogP contribution < -0.4 is 5.32 Å². The van der Waals surface area contributed by atoms with Gasteiger partial charge in [0.15, 0.2) is 0 Å². The van der Waals surface area contributed by atoms with E-state index in [0.717, 1.165) is 17.7 Å². The van der Waals surface area contributed by atoms with Gasteiger partial charge in [-0.05, 0) is 79.0 Å². The summed E-state index contributed by atoms with van der Waals surface area (Å²) in [6.45, 7) is 2.42. The Morgan fingerprint density at radius 2 is 1.62 bits per heavy atom. The number of aromatic nitrogens is 2. The molecule has 1 aliphatic heterocycles. The van der Waals surface area contributed by atoms with Crippen molar-refractivity contribution < 1.29 is 4.39 Å². The fourth-order valence-corrected chi connectivity index (χ4v) is 6.22. The molecule has 1 saturated carbocycles. The van der Waals surface area contributed by atoms with Crippen molar-refractivity contribution in [2.24, 2.45) is 11.8 Å². The third-order valence-corrected chi connectivity index (χ3v) is 7.88. The van der Waals surface area contributed by atoms with Crippen LogP contribution in [0.15, 0.2) is 54.6 Å². The zero-order chi connectivity index (χ0) is 21.7. The quantitative estimate of drug-likeness (QED) is 0.593. The van der Waals surface area contributed by atoms with Crippen molar-refractivity contribution >= 4 is 17.4 Å². The Morgan fingerprint density at radius 3 is 2.28 bits per heavy atom. The first-order chi connectivity index (χ1) is 15.6. The molecule has 2 aromatic carbocycles. The highest BCUT2D eigenvalue weighted by atomic mass is 35.5. The Kier molecular flexibility index (Phi) is 5.11. The van der Waals surface area contributed by atoms with E-state index in [1.807, 2.05) is 12.1 Å². The van der Waals surface area contributed by atoms with Gasteiger partial charge in [0.05, 0.1) is 10.7 Å². The average molecular weight is 449 g/mol. The molecule has 32 heavy (non-hydrogen) atoms. The van der Waals surface area contributed by atoms with Gasteiger partial charge in [0.2, 0.25) is 0 Å². The van der Waals surface area contributed by atoms with Crippen molar-refractivity contribution in [3.8, 4) is 11.3 Å². The predicted octanol–water partition coefficient (Wildman–Crippen LogP) is 5.23. The van der Waals surface area contributed by atoms with E-state index in [0.29, 0.717) is 28.4 Å². The molecule has 1 saturated heterocycles.